The number of halogens is 3. The van der Waals surface area contributed by atoms with E-state index in [0.717, 1.165) is 82.3 Å². The van der Waals surface area contributed by atoms with Crippen LogP contribution in [0.25, 0.3) is 10.2 Å². The first kappa shape index (κ1) is 28.5. The van der Waals surface area contributed by atoms with Crippen molar-refractivity contribution in [3.63, 3.8) is 0 Å². The lowest BCUT2D eigenvalue weighted by Gasteiger charge is -2.27. The molecule has 0 bridgehead atoms. The minimum atomic E-state index is 0. The highest BCUT2D eigenvalue weighted by Gasteiger charge is 2.21. The molecule has 0 saturated carbocycles. The lowest BCUT2D eigenvalue weighted by Crippen LogP contribution is -2.39. The number of thioether (sulfide) groups is 1. The number of carbonyl (C=O) groups is 1. The van der Waals surface area contributed by atoms with Crippen LogP contribution >= 0.6 is 58.7 Å². The van der Waals surface area contributed by atoms with Gasteiger partial charge in [0.15, 0.2) is 5.13 Å². The van der Waals surface area contributed by atoms with Gasteiger partial charge in [0, 0.05) is 47.5 Å². The highest BCUT2D eigenvalue weighted by Crippen LogP contribution is 2.34. The van der Waals surface area contributed by atoms with E-state index in [-0.39, 0.29) is 18.3 Å². The molecule has 1 aliphatic heterocycles. The molecule has 190 valence electrons. The number of hydrogen-bond acceptors (Lipinski definition) is 6. The first-order valence-electron chi connectivity index (χ1n) is 11.6. The number of morpholine rings is 1. The second-order valence-electron chi connectivity index (χ2n) is 8.27. The molecule has 1 amide bonds. The van der Waals surface area contributed by atoms with E-state index in [4.69, 9.17) is 32.9 Å². The van der Waals surface area contributed by atoms with Gasteiger partial charge in [0.1, 0.15) is 0 Å². The molecule has 5 nitrogen and oxygen atoms in total. The van der Waals surface area contributed by atoms with Gasteiger partial charge in [0.05, 0.1) is 23.4 Å². The van der Waals surface area contributed by atoms with Crippen LogP contribution in [0.4, 0.5) is 5.13 Å². The Labute approximate surface area is 231 Å². The Morgan fingerprint density at radius 1 is 1.14 bits per heavy atom. The molecule has 10 heteroatoms. The Morgan fingerprint density at radius 2 is 1.89 bits per heavy atom. The van der Waals surface area contributed by atoms with Gasteiger partial charge in [-0.05, 0) is 67.5 Å². The fourth-order valence-electron chi connectivity index (χ4n) is 3.89. The molecular formula is C25H30Cl3N3O2S2. The highest BCUT2D eigenvalue weighted by atomic mass is 35.5. The number of benzene rings is 2. The number of amides is 1. The lowest BCUT2D eigenvalue weighted by atomic mass is 10.2. The zero-order valence-corrected chi connectivity index (χ0v) is 23.6. The third-order valence-corrected chi connectivity index (χ3v) is 8.65. The molecule has 0 atom stereocenters. The zero-order valence-electron chi connectivity index (χ0n) is 19.7. The van der Waals surface area contributed by atoms with Crippen LogP contribution in [0.3, 0.4) is 0 Å². The number of rotatable bonds is 10. The molecule has 0 aliphatic carbocycles. The Bertz CT molecular complexity index is 1110. The fraction of sp³-hybridized carbons (Fsp3) is 0.440. The smallest absolute Gasteiger partial charge is 0.228 e. The van der Waals surface area contributed by atoms with Crippen molar-refractivity contribution >= 4 is 80.0 Å². The van der Waals surface area contributed by atoms with E-state index in [0.29, 0.717) is 18.0 Å². The standard InChI is InChI=1S/C25H29Cl2N3O2S2.ClH/c1-18-21(27)9-10-22-24(18)28-25(34-22)30(12-3-11-29-13-15-32-16-14-29)23(31)4-2-17-33-20-7-5-19(26)6-8-20;/h5-10H,2-4,11-17H2,1H3;1H. The van der Waals surface area contributed by atoms with Crippen molar-refractivity contribution in [1.82, 2.24) is 9.88 Å². The second kappa shape index (κ2) is 14.0. The van der Waals surface area contributed by atoms with Gasteiger partial charge in [-0.15, -0.1) is 24.2 Å². The summed E-state index contributed by atoms with van der Waals surface area (Å²) in [6, 6.07) is 11.7. The predicted molar refractivity (Wildman–Crippen MR) is 152 cm³/mol. The quantitative estimate of drug-likeness (QED) is 0.193. The maximum absolute atomic E-state index is 13.3. The van der Waals surface area contributed by atoms with Crippen LogP contribution in [-0.2, 0) is 9.53 Å². The number of hydrogen-bond donors (Lipinski definition) is 0. The van der Waals surface area contributed by atoms with Crippen LogP contribution in [0, 0.1) is 6.92 Å². The molecule has 0 N–H and O–H groups in total. The van der Waals surface area contributed by atoms with Crippen molar-refractivity contribution in [3.05, 3.63) is 52.0 Å². The third-order valence-electron chi connectivity index (χ3n) is 5.85. The molecule has 0 unspecified atom stereocenters. The van der Waals surface area contributed by atoms with E-state index < -0.39 is 0 Å². The van der Waals surface area contributed by atoms with Crippen LogP contribution in [0.15, 0.2) is 41.3 Å². The average molecular weight is 575 g/mol. The van der Waals surface area contributed by atoms with Gasteiger partial charge >= 0.3 is 0 Å². The van der Waals surface area contributed by atoms with Crippen molar-refractivity contribution in [1.29, 1.82) is 0 Å². The maximum Gasteiger partial charge on any atom is 0.228 e. The predicted octanol–water partition coefficient (Wildman–Crippen LogP) is 6.96. The molecule has 1 fully saturated rings. The van der Waals surface area contributed by atoms with Crippen LogP contribution < -0.4 is 4.90 Å². The lowest BCUT2D eigenvalue weighted by molar-refractivity contribution is -0.118. The van der Waals surface area contributed by atoms with E-state index in [1.54, 1.807) is 23.1 Å². The van der Waals surface area contributed by atoms with Gasteiger partial charge in [-0.25, -0.2) is 4.98 Å². The number of ether oxygens (including phenoxy) is 1. The molecular weight excluding hydrogens is 545 g/mol. The number of aryl methyl sites for hydroxylation is 1. The largest absolute Gasteiger partial charge is 0.379 e. The summed E-state index contributed by atoms with van der Waals surface area (Å²) in [5.74, 6) is 1.00. The normalized spacial score (nSPS) is 14.1. The van der Waals surface area contributed by atoms with Crippen molar-refractivity contribution in [3.8, 4) is 0 Å². The zero-order chi connectivity index (χ0) is 23.9. The summed E-state index contributed by atoms with van der Waals surface area (Å²) in [4.78, 5) is 23.6. The van der Waals surface area contributed by atoms with Crippen LogP contribution in [0.2, 0.25) is 10.0 Å². The number of nitrogens with zero attached hydrogens (tertiary/aromatic N) is 3. The van der Waals surface area contributed by atoms with Crippen LogP contribution in [0.1, 0.15) is 24.8 Å². The molecule has 0 spiro atoms. The highest BCUT2D eigenvalue weighted by molar-refractivity contribution is 7.99. The summed E-state index contributed by atoms with van der Waals surface area (Å²) in [7, 11) is 0. The van der Waals surface area contributed by atoms with E-state index in [2.05, 4.69) is 4.90 Å². The summed E-state index contributed by atoms with van der Waals surface area (Å²) >= 11 is 15.6. The summed E-state index contributed by atoms with van der Waals surface area (Å²) < 4.78 is 6.50. The van der Waals surface area contributed by atoms with E-state index in [1.807, 2.05) is 48.2 Å². The SMILES string of the molecule is Cc1c(Cl)ccc2sc(N(CCCN3CCOCC3)C(=O)CCCSc3ccc(Cl)cc3)nc12.Cl. The van der Waals surface area contributed by atoms with Crippen molar-refractivity contribution in [2.24, 2.45) is 0 Å². The van der Waals surface area contributed by atoms with E-state index in [1.165, 1.54) is 0 Å². The monoisotopic (exact) mass is 573 g/mol. The Morgan fingerprint density at radius 3 is 2.63 bits per heavy atom. The minimum Gasteiger partial charge on any atom is -0.379 e. The first-order chi connectivity index (χ1) is 16.5. The van der Waals surface area contributed by atoms with Gasteiger partial charge in [-0.2, -0.15) is 0 Å². The molecule has 35 heavy (non-hydrogen) atoms. The van der Waals surface area contributed by atoms with Gasteiger partial charge in [0.25, 0.3) is 0 Å². The van der Waals surface area contributed by atoms with Gasteiger partial charge < -0.3 is 4.74 Å². The number of anilines is 1. The molecule has 1 aliphatic rings. The number of aromatic nitrogens is 1. The van der Waals surface area contributed by atoms with Gasteiger partial charge in [0.2, 0.25) is 5.91 Å². The number of thiazole rings is 1. The Kier molecular flexibility index (Phi) is 11.4. The van der Waals surface area contributed by atoms with Gasteiger partial charge in [-0.3, -0.25) is 14.6 Å². The summed E-state index contributed by atoms with van der Waals surface area (Å²) in [6.07, 6.45) is 2.20. The topological polar surface area (TPSA) is 45.7 Å². The molecule has 1 saturated heterocycles. The molecule has 4 rings (SSSR count). The van der Waals surface area contributed by atoms with Gasteiger partial charge in [-0.1, -0.05) is 34.5 Å². The Hall–Kier alpha value is -1.06. The molecule has 2 heterocycles. The summed E-state index contributed by atoms with van der Waals surface area (Å²) in [5, 5.41) is 2.20. The maximum atomic E-state index is 13.3. The van der Waals surface area contributed by atoms with E-state index in [9.17, 15) is 4.79 Å². The van der Waals surface area contributed by atoms with E-state index >= 15 is 0 Å². The molecule has 3 aromatic rings. The Balaban J connectivity index is 0.00000342. The van der Waals surface area contributed by atoms with Crippen molar-refractivity contribution in [2.75, 3.05) is 50.0 Å². The average Bonchev–Trinajstić information content (AvgIpc) is 3.28. The van der Waals surface area contributed by atoms with Crippen LogP contribution in [-0.4, -0.2) is 60.9 Å². The number of carbonyl (C=O) groups excluding carboxylic acids is 1. The molecule has 1 aromatic heterocycles. The van der Waals surface area contributed by atoms with Crippen molar-refractivity contribution < 1.29 is 9.53 Å². The van der Waals surface area contributed by atoms with Crippen LogP contribution in [0.5, 0.6) is 0 Å². The first-order valence-corrected chi connectivity index (χ1v) is 14.1. The molecule has 0 radical (unpaired) electrons. The third kappa shape index (κ3) is 7.96. The fourth-order valence-corrected chi connectivity index (χ4v) is 6.09. The minimum absolute atomic E-state index is 0. The van der Waals surface area contributed by atoms with Crippen molar-refractivity contribution in [2.45, 2.75) is 31.1 Å². The summed E-state index contributed by atoms with van der Waals surface area (Å²) in [6.45, 7) is 7.07. The molecule has 2 aromatic carbocycles. The number of fused-ring (bicyclic) bond motifs is 1. The second-order valence-corrected chi connectivity index (χ2v) is 11.3. The summed E-state index contributed by atoms with van der Waals surface area (Å²) in [5.41, 5.74) is 1.85.